The number of hydrogen-bond donors (Lipinski definition) is 0. The fourth-order valence-corrected chi connectivity index (χ4v) is 1.60. The predicted molar refractivity (Wildman–Crippen MR) is 58.7 cm³/mol. The first-order valence-corrected chi connectivity index (χ1v) is 5.36. The molecule has 1 nitrogen and oxygen atoms in total. The number of hydrogen-bond acceptors (Lipinski definition) is 1. The molecule has 90 valence electrons. The fourth-order valence-electron chi connectivity index (χ4n) is 1.45. The van der Waals surface area contributed by atoms with Crippen molar-refractivity contribution in [1.29, 1.82) is 0 Å². The van der Waals surface area contributed by atoms with Gasteiger partial charge in [0.1, 0.15) is 11.5 Å². The third-order valence-electron chi connectivity index (χ3n) is 2.27. The van der Waals surface area contributed by atoms with E-state index in [-0.39, 0.29) is 5.88 Å². The van der Waals surface area contributed by atoms with Crippen molar-refractivity contribution in [3.05, 3.63) is 47.7 Å². The molecule has 0 atom stereocenters. The molecule has 0 aliphatic carbocycles. The molecular weight excluding hydrogens is 253 g/mol. The largest absolute Gasteiger partial charge is 0.460 e. The highest BCUT2D eigenvalue weighted by Gasteiger charge is 2.30. The van der Waals surface area contributed by atoms with Crippen molar-refractivity contribution >= 4 is 11.6 Å². The molecule has 17 heavy (non-hydrogen) atoms. The summed E-state index contributed by atoms with van der Waals surface area (Å²) in [6.45, 7) is 0. The molecule has 1 aromatic carbocycles. The highest BCUT2D eigenvalue weighted by atomic mass is 35.5. The van der Waals surface area contributed by atoms with Crippen molar-refractivity contribution in [1.82, 2.24) is 0 Å². The van der Waals surface area contributed by atoms with Gasteiger partial charge in [0.2, 0.25) is 0 Å². The lowest BCUT2D eigenvalue weighted by Crippen LogP contribution is -2.04. The molecule has 0 radical (unpaired) electrons. The summed E-state index contributed by atoms with van der Waals surface area (Å²) >= 11 is 5.56. The molecule has 0 amide bonds. The molecular formula is C12H8ClF3O. The van der Waals surface area contributed by atoms with Crippen LogP contribution in [0.5, 0.6) is 0 Å². The van der Waals surface area contributed by atoms with Gasteiger partial charge in [0.15, 0.2) is 0 Å². The van der Waals surface area contributed by atoms with E-state index in [1.807, 2.05) is 0 Å². The Hall–Kier alpha value is -1.42. The highest BCUT2D eigenvalue weighted by Crippen LogP contribution is 2.32. The first kappa shape index (κ1) is 12.0. The Bertz CT molecular complexity index is 516. The lowest BCUT2D eigenvalue weighted by Gasteiger charge is -2.07. The van der Waals surface area contributed by atoms with Gasteiger partial charge in [0.25, 0.3) is 0 Å². The SMILES string of the molecule is FC(F)(F)c1cccc(-c2ccc(CCl)o2)c1. The molecule has 0 bridgehead atoms. The monoisotopic (exact) mass is 260 g/mol. The van der Waals surface area contributed by atoms with Crippen LogP contribution in [0.4, 0.5) is 13.2 Å². The van der Waals surface area contributed by atoms with Gasteiger partial charge in [-0.2, -0.15) is 13.2 Å². The summed E-state index contributed by atoms with van der Waals surface area (Å²) < 4.78 is 42.8. The minimum atomic E-state index is -4.35. The van der Waals surface area contributed by atoms with E-state index in [2.05, 4.69) is 0 Å². The number of benzene rings is 1. The van der Waals surface area contributed by atoms with Crippen LogP contribution < -0.4 is 0 Å². The number of halogens is 4. The second-order valence-electron chi connectivity index (χ2n) is 3.48. The molecule has 0 saturated heterocycles. The van der Waals surface area contributed by atoms with Crippen LogP contribution in [-0.4, -0.2) is 0 Å². The van der Waals surface area contributed by atoms with Gasteiger partial charge in [-0.3, -0.25) is 0 Å². The predicted octanol–water partition coefficient (Wildman–Crippen LogP) is 4.70. The van der Waals surface area contributed by atoms with Crippen LogP contribution in [0.25, 0.3) is 11.3 Å². The van der Waals surface area contributed by atoms with Crippen molar-refractivity contribution in [2.45, 2.75) is 12.1 Å². The van der Waals surface area contributed by atoms with Crippen LogP contribution in [0, 0.1) is 0 Å². The molecule has 0 spiro atoms. The van der Waals surface area contributed by atoms with E-state index in [1.165, 1.54) is 6.07 Å². The van der Waals surface area contributed by atoms with Crippen LogP contribution in [0.15, 0.2) is 40.8 Å². The van der Waals surface area contributed by atoms with Crippen molar-refractivity contribution < 1.29 is 17.6 Å². The lowest BCUT2D eigenvalue weighted by molar-refractivity contribution is -0.137. The summed E-state index contributed by atoms with van der Waals surface area (Å²) in [5.41, 5.74) is -0.310. The number of furan rings is 1. The third kappa shape index (κ3) is 2.64. The standard InChI is InChI=1S/C12H8ClF3O/c13-7-10-4-5-11(17-10)8-2-1-3-9(6-8)12(14,15)16/h1-6H,7H2. The average Bonchev–Trinajstić information content (AvgIpc) is 2.76. The van der Waals surface area contributed by atoms with Gasteiger partial charge in [-0.05, 0) is 24.3 Å². The van der Waals surface area contributed by atoms with Gasteiger partial charge in [-0.15, -0.1) is 11.6 Å². The van der Waals surface area contributed by atoms with Crippen LogP contribution >= 0.6 is 11.6 Å². The van der Waals surface area contributed by atoms with E-state index < -0.39 is 11.7 Å². The Labute approximate surface area is 101 Å². The van der Waals surface area contributed by atoms with Gasteiger partial charge in [-0.1, -0.05) is 12.1 Å². The minimum absolute atomic E-state index is 0.193. The van der Waals surface area contributed by atoms with Gasteiger partial charge >= 0.3 is 6.18 Å². The molecule has 5 heteroatoms. The molecule has 0 N–H and O–H groups in total. The molecule has 1 aromatic heterocycles. The van der Waals surface area contributed by atoms with Crippen molar-refractivity contribution in [3.63, 3.8) is 0 Å². The van der Waals surface area contributed by atoms with Crippen LogP contribution in [0.3, 0.4) is 0 Å². The average molecular weight is 261 g/mol. The Morgan fingerprint density at radius 1 is 1.12 bits per heavy atom. The first-order valence-electron chi connectivity index (χ1n) is 4.83. The van der Waals surface area contributed by atoms with Gasteiger partial charge in [0.05, 0.1) is 11.4 Å². The molecule has 1 heterocycles. The Balaban J connectivity index is 2.39. The smallest absolute Gasteiger partial charge is 0.416 e. The maximum atomic E-state index is 12.5. The minimum Gasteiger partial charge on any atom is -0.460 e. The maximum absolute atomic E-state index is 12.5. The van der Waals surface area contributed by atoms with Gasteiger partial charge < -0.3 is 4.42 Å². The van der Waals surface area contributed by atoms with E-state index in [0.29, 0.717) is 17.1 Å². The summed E-state index contributed by atoms with van der Waals surface area (Å²) in [6, 6.07) is 8.23. The van der Waals surface area contributed by atoms with E-state index in [9.17, 15) is 13.2 Å². The highest BCUT2D eigenvalue weighted by molar-refractivity contribution is 6.16. The van der Waals surface area contributed by atoms with Crippen LogP contribution in [0.1, 0.15) is 11.3 Å². The molecule has 0 fully saturated rings. The second-order valence-corrected chi connectivity index (χ2v) is 3.75. The zero-order valence-electron chi connectivity index (χ0n) is 8.59. The van der Waals surface area contributed by atoms with Crippen molar-refractivity contribution in [2.75, 3.05) is 0 Å². The first-order chi connectivity index (χ1) is 8.00. The van der Waals surface area contributed by atoms with E-state index in [4.69, 9.17) is 16.0 Å². The van der Waals surface area contributed by atoms with Crippen LogP contribution in [-0.2, 0) is 12.1 Å². The normalized spacial score (nSPS) is 11.8. The summed E-state index contributed by atoms with van der Waals surface area (Å²) in [4.78, 5) is 0. The zero-order chi connectivity index (χ0) is 12.5. The topological polar surface area (TPSA) is 13.1 Å². The molecule has 2 rings (SSSR count). The van der Waals surface area contributed by atoms with Crippen molar-refractivity contribution in [2.24, 2.45) is 0 Å². The summed E-state index contributed by atoms with van der Waals surface area (Å²) in [7, 11) is 0. The Kier molecular flexibility index (Phi) is 3.15. The van der Waals surface area contributed by atoms with Gasteiger partial charge in [0, 0.05) is 5.56 Å². The second kappa shape index (κ2) is 4.45. The summed E-state index contributed by atoms with van der Waals surface area (Å²) in [6.07, 6.45) is -4.35. The summed E-state index contributed by atoms with van der Waals surface area (Å²) in [5.74, 6) is 1.10. The molecule has 0 aliphatic rings. The molecule has 0 saturated carbocycles. The summed E-state index contributed by atoms with van der Waals surface area (Å²) in [5, 5.41) is 0. The zero-order valence-corrected chi connectivity index (χ0v) is 9.35. The maximum Gasteiger partial charge on any atom is 0.416 e. The lowest BCUT2D eigenvalue weighted by atomic mass is 10.1. The quantitative estimate of drug-likeness (QED) is 0.713. The fraction of sp³-hybridized carbons (Fsp3) is 0.167. The Morgan fingerprint density at radius 3 is 2.47 bits per heavy atom. The molecule has 2 aromatic rings. The molecule has 0 aliphatic heterocycles. The molecule has 0 unspecified atom stereocenters. The Morgan fingerprint density at radius 2 is 1.88 bits per heavy atom. The van der Waals surface area contributed by atoms with Gasteiger partial charge in [-0.25, -0.2) is 0 Å². The number of rotatable bonds is 2. The van der Waals surface area contributed by atoms with E-state index >= 15 is 0 Å². The van der Waals surface area contributed by atoms with E-state index in [0.717, 1.165) is 12.1 Å². The third-order valence-corrected chi connectivity index (χ3v) is 2.53. The van der Waals surface area contributed by atoms with E-state index in [1.54, 1.807) is 18.2 Å². The van der Waals surface area contributed by atoms with Crippen LogP contribution in [0.2, 0.25) is 0 Å². The van der Waals surface area contributed by atoms with Crippen molar-refractivity contribution in [3.8, 4) is 11.3 Å². The number of alkyl halides is 4.